The molecule has 0 saturated heterocycles. The van der Waals surface area contributed by atoms with Gasteiger partial charge in [-0.3, -0.25) is 10.1 Å². The van der Waals surface area contributed by atoms with Crippen molar-refractivity contribution >= 4 is 23.6 Å². The maximum absolute atomic E-state index is 11.2. The lowest BCUT2D eigenvalue weighted by Crippen LogP contribution is -2.38. The molecule has 102 valence electrons. The Balaban J connectivity index is 2.26. The Labute approximate surface area is 108 Å². The van der Waals surface area contributed by atoms with Crippen molar-refractivity contribution in [2.45, 2.75) is 0 Å². The van der Waals surface area contributed by atoms with Crippen LogP contribution in [0.4, 0.5) is 10.5 Å². The molecule has 5 N–H and O–H groups in total. The third-order valence-electron chi connectivity index (χ3n) is 1.86. The van der Waals surface area contributed by atoms with E-state index < -0.39 is 24.5 Å². The molecule has 0 radical (unpaired) electrons. The fourth-order valence-electron chi connectivity index (χ4n) is 1.07. The second-order valence-electron chi connectivity index (χ2n) is 3.43. The van der Waals surface area contributed by atoms with E-state index in [1.807, 2.05) is 0 Å². The number of ether oxygens (including phenoxy) is 2. The van der Waals surface area contributed by atoms with Crippen LogP contribution in [0.5, 0.6) is 5.75 Å². The lowest BCUT2D eigenvalue weighted by atomic mass is 10.3. The predicted octanol–water partition coefficient (Wildman–Crippen LogP) is -0.614. The lowest BCUT2D eigenvalue weighted by Gasteiger charge is -2.06. The van der Waals surface area contributed by atoms with Crippen LogP contribution in [0.15, 0.2) is 24.3 Å². The summed E-state index contributed by atoms with van der Waals surface area (Å²) in [5, 5.41) is 1.75. The molecule has 0 bridgehead atoms. The molecule has 0 fully saturated rings. The summed E-state index contributed by atoms with van der Waals surface area (Å²) in [5.41, 5.74) is 10.7. The van der Waals surface area contributed by atoms with Gasteiger partial charge in [0.15, 0.2) is 13.2 Å². The van der Waals surface area contributed by atoms with Crippen molar-refractivity contribution in [2.24, 2.45) is 5.73 Å². The van der Waals surface area contributed by atoms with Crippen molar-refractivity contribution in [2.75, 3.05) is 18.9 Å². The summed E-state index contributed by atoms with van der Waals surface area (Å²) in [6, 6.07) is 5.38. The number of nitrogens with one attached hydrogen (secondary N) is 1. The van der Waals surface area contributed by atoms with Crippen molar-refractivity contribution < 1.29 is 23.9 Å². The summed E-state index contributed by atoms with van der Waals surface area (Å²) < 4.78 is 9.62. The molecule has 1 aromatic carbocycles. The normalized spacial score (nSPS) is 9.47. The van der Waals surface area contributed by atoms with Gasteiger partial charge in [0.05, 0.1) is 0 Å². The standard InChI is InChI=1S/C11H13N3O5/c12-7-1-3-8(4-2-7)18-6-10(16)19-5-9(15)14-11(13)17/h1-4H,5-6,12H2,(H3,13,14,15,17). The van der Waals surface area contributed by atoms with Gasteiger partial charge in [-0.25, -0.2) is 9.59 Å². The SMILES string of the molecule is NC(=O)NC(=O)COC(=O)COc1ccc(N)cc1. The fraction of sp³-hybridized carbons (Fsp3) is 0.182. The number of imide groups is 1. The summed E-state index contributed by atoms with van der Waals surface area (Å²) in [4.78, 5) is 32.4. The smallest absolute Gasteiger partial charge is 0.344 e. The molecule has 8 nitrogen and oxygen atoms in total. The van der Waals surface area contributed by atoms with Gasteiger partial charge in [-0.15, -0.1) is 0 Å². The van der Waals surface area contributed by atoms with Gasteiger partial charge < -0.3 is 20.9 Å². The predicted molar refractivity (Wildman–Crippen MR) is 65.0 cm³/mol. The summed E-state index contributed by atoms with van der Waals surface area (Å²) in [7, 11) is 0. The number of rotatable bonds is 5. The number of nitrogen functional groups attached to an aromatic ring is 1. The van der Waals surface area contributed by atoms with Crippen LogP contribution in [0, 0.1) is 0 Å². The molecule has 0 spiro atoms. The monoisotopic (exact) mass is 267 g/mol. The number of hydrogen-bond donors (Lipinski definition) is 3. The van der Waals surface area contributed by atoms with Crippen LogP contribution in [0.3, 0.4) is 0 Å². The third-order valence-corrected chi connectivity index (χ3v) is 1.86. The number of carbonyl (C=O) groups is 3. The maximum atomic E-state index is 11.2. The van der Waals surface area contributed by atoms with Crippen molar-refractivity contribution in [3.05, 3.63) is 24.3 Å². The summed E-state index contributed by atoms with van der Waals surface area (Å²) in [5.74, 6) is -1.13. The van der Waals surface area contributed by atoms with Crippen molar-refractivity contribution in [3.8, 4) is 5.75 Å². The molecule has 0 saturated carbocycles. The zero-order valence-electron chi connectivity index (χ0n) is 9.92. The zero-order valence-corrected chi connectivity index (χ0v) is 9.92. The van der Waals surface area contributed by atoms with E-state index in [0.717, 1.165) is 0 Å². The minimum absolute atomic E-state index is 0.367. The molecule has 3 amide bonds. The van der Waals surface area contributed by atoms with E-state index >= 15 is 0 Å². The molecular weight excluding hydrogens is 254 g/mol. The summed E-state index contributed by atoms with van der Waals surface area (Å²) >= 11 is 0. The number of primary amides is 1. The number of hydrogen-bond acceptors (Lipinski definition) is 6. The molecule has 1 aromatic rings. The molecule has 0 aromatic heterocycles. The average molecular weight is 267 g/mol. The fourth-order valence-corrected chi connectivity index (χ4v) is 1.07. The van der Waals surface area contributed by atoms with Crippen LogP contribution in [-0.4, -0.2) is 31.1 Å². The number of carbonyl (C=O) groups excluding carboxylic acids is 3. The van der Waals surface area contributed by atoms with Crippen LogP contribution in [0.25, 0.3) is 0 Å². The summed E-state index contributed by atoms with van der Waals surface area (Å²) in [6.07, 6.45) is 0. The molecule has 0 unspecified atom stereocenters. The van der Waals surface area contributed by atoms with Crippen molar-refractivity contribution in [3.63, 3.8) is 0 Å². The zero-order chi connectivity index (χ0) is 14.3. The van der Waals surface area contributed by atoms with Gasteiger partial charge in [0.25, 0.3) is 5.91 Å². The minimum Gasteiger partial charge on any atom is -0.482 e. The Morgan fingerprint density at radius 3 is 2.32 bits per heavy atom. The Hall–Kier alpha value is -2.77. The van der Waals surface area contributed by atoms with Gasteiger partial charge in [-0.05, 0) is 24.3 Å². The molecule has 0 heterocycles. The second-order valence-corrected chi connectivity index (χ2v) is 3.43. The Morgan fingerprint density at radius 2 is 1.74 bits per heavy atom. The van der Waals surface area contributed by atoms with Gasteiger partial charge in [-0.1, -0.05) is 0 Å². The molecule has 1 rings (SSSR count). The third kappa shape index (κ3) is 5.91. The number of esters is 1. The first-order chi connectivity index (χ1) is 8.97. The van der Waals surface area contributed by atoms with Gasteiger partial charge in [0.1, 0.15) is 5.75 Å². The van der Waals surface area contributed by atoms with E-state index in [1.165, 1.54) is 0 Å². The Bertz CT molecular complexity index is 472. The molecule has 8 heteroatoms. The van der Waals surface area contributed by atoms with E-state index in [-0.39, 0.29) is 6.61 Å². The quantitative estimate of drug-likeness (QED) is 0.481. The van der Waals surface area contributed by atoms with Gasteiger partial charge in [0.2, 0.25) is 0 Å². The van der Waals surface area contributed by atoms with E-state index in [2.05, 4.69) is 4.74 Å². The number of anilines is 1. The molecule has 0 aliphatic heterocycles. The molecular formula is C11H13N3O5. The van der Waals surface area contributed by atoms with Crippen molar-refractivity contribution in [1.82, 2.24) is 5.32 Å². The highest BCUT2D eigenvalue weighted by molar-refractivity contribution is 5.94. The van der Waals surface area contributed by atoms with Crippen LogP contribution in [0.1, 0.15) is 0 Å². The summed E-state index contributed by atoms with van der Waals surface area (Å²) in [6.45, 7) is -0.972. The highest BCUT2D eigenvalue weighted by atomic mass is 16.6. The first-order valence-corrected chi connectivity index (χ1v) is 5.20. The first kappa shape index (κ1) is 14.3. The Kier molecular flexibility index (Phi) is 5.15. The number of urea groups is 1. The van der Waals surface area contributed by atoms with Crippen LogP contribution >= 0.6 is 0 Å². The largest absolute Gasteiger partial charge is 0.482 e. The topological polar surface area (TPSA) is 134 Å². The molecule has 0 aliphatic carbocycles. The highest BCUT2D eigenvalue weighted by Crippen LogP contribution is 2.12. The van der Waals surface area contributed by atoms with E-state index in [9.17, 15) is 14.4 Å². The Morgan fingerprint density at radius 1 is 1.11 bits per heavy atom. The van der Waals surface area contributed by atoms with Crippen LogP contribution in [-0.2, 0) is 14.3 Å². The number of benzene rings is 1. The van der Waals surface area contributed by atoms with E-state index in [0.29, 0.717) is 11.4 Å². The molecule has 0 atom stereocenters. The van der Waals surface area contributed by atoms with Crippen molar-refractivity contribution in [1.29, 1.82) is 0 Å². The van der Waals surface area contributed by atoms with Crippen LogP contribution in [0.2, 0.25) is 0 Å². The minimum atomic E-state index is -1.01. The number of amides is 3. The van der Waals surface area contributed by atoms with E-state index in [4.69, 9.17) is 16.2 Å². The average Bonchev–Trinajstić information content (AvgIpc) is 2.35. The van der Waals surface area contributed by atoms with Gasteiger partial charge in [-0.2, -0.15) is 0 Å². The van der Waals surface area contributed by atoms with Gasteiger partial charge >= 0.3 is 12.0 Å². The molecule has 19 heavy (non-hydrogen) atoms. The first-order valence-electron chi connectivity index (χ1n) is 5.20. The molecule has 0 aliphatic rings. The second kappa shape index (κ2) is 6.84. The van der Waals surface area contributed by atoms with E-state index in [1.54, 1.807) is 29.6 Å². The lowest BCUT2D eigenvalue weighted by molar-refractivity contribution is -0.150. The number of nitrogens with two attached hydrogens (primary N) is 2. The van der Waals surface area contributed by atoms with Gasteiger partial charge in [0, 0.05) is 5.69 Å². The maximum Gasteiger partial charge on any atom is 0.344 e. The van der Waals surface area contributed by atoms with Crippen LogP contribution < -0.4 is 21.5 Å². The highest BCUT2D eigenvalue weighted by Gasteiger charge is 2.09.